The molecule has 0 spiro atoms. The number of likely N-dealkylation sites (tertiary alicyclic amines) is 2. The minimum atomic E-state index is -4.14. The highest BCUT2D eigenvalue weighted by molar-refractivity contribution is 7.89. The number of sulfonamides is 1. The van der Waals surface area contributed by atoms with Gasteiger partial charge in [-0.3, -0.25) is 14.4 Å². The zero-order valence-corrected chi connectivity index (χ0v) is 25.1. The van der Waals surface area contributed by atoms with Gasteiger partial charge in [-0.2, -0.15) is 0 Å². The van der Waals surface area contributed by atoms with Crippen molar-refractivity contribution in [1.82, 2.24) is 19.8 Å². The Labute approximate surface area is 246 Å². The minimum absolute atomic E-state index is 0.210. The Balaban J connectivity index is 1.22. The second-order valence-electron chi connectivity index (χ2n) is 11.4. The first-order chi connectivity index (χ1) is 19.2. The predicted octanol–water partition coefficient (Wildman–Crippen LogP) is 3.63. The maximum atomic E-state index is 13.7. The molecule has 2 saturated heterocycles. The Morgan fingerprint density at radius 3 is 2.39 bits per heavy atom. The maximum absolute atomic E-state index is 13.7. The van der Waals surface area contributed by atoms with Crippen molar-refractivity contribution in [2.45, 2.75) is 50.2 Å². The number of hydrogen-bond acceptors (Lipinski definition) is 6. The zero-order chi connectivity index (χ0) is 29.7. The first-order valence-electron chi connectivity index (χ1n) is 13.1. The van der Waals surface area contributed by atoms with Crippen LogP contribution in [0.3, 0.4) is 0 Å². The summed E-state index contributed by atoms with van der Waals surface area (Å²) in [6.45, 7) is 5.73. The molecule has 41 heavy (non-hydrogen) atoms. The van der Waals surface area contributed by atoms with Gasteiger partial charge in [0.05, 0.1) is 28.5 Å². The number of nitrogens with one attached hydrogen (secondary N) is 2. The molecule has 2 N–H and O–H groups in total. The molecule has 0 radical (unpaired) electrons. The van der Waals surface area contributed by atoms with Crippen LogP contribution in [-0.2, 0) is 19.6 Å². The molecular formula is C28H30ClFN4O5S2. The highest BCUT2D eigenvalue weighted by Gasteiger charge is 2.49. The van der Waals surface area contributed by atoms with Gasteiger partial charge in [-0.15, -0.1) is 11.3 Å². The quantitative estimate of drug-likeness (QED) is 0.419. The van der Waals surface area contributed by atoms with Crippen LogP contribution in [0.25, 0.3) is 10.1 Å². The van der Waals surface area contributed by atoms with Crippen molar-refractivity contribution in [2.75, 3.05) is 19.6 Å². The highest BCUT2D eigenvalue weighted by atomic mass is 35.5. The Bertz CT molecular complexity index is 1600. The molecule has 3 amide bonds. The van der Waals surface area contributed by atoms with Crippen molar-refractivity contribution in [3.05, 3.63) is 64.2 Å². The third-order valence-corrected chi connectivity index (χ3v) is 10.5. The number of carbonyl (C=O) groups excluding carboxylic acids is 3. The third-order valence-electron chi connectivity index (χ3n) is 7.48. The number of thiophene rings is 1. The third kappa shape index (κ3) is 5.97. The van der Waals surface area contributed by atoms with Crippen molar-refractivity contribution < 1.29 is 27.2 Å². The number of rotatable bonds is 7. The molecule has 218 valence electrons. The van der Waals surface area contributed by atoms with Gasteiger partial charge in [0.25, 0.3) is 5.91 Å². The van der Waals surface area contributed by atoms with Gasteiger partial charge in [-0.25, -0.2) is 17.5 Å². The Hall–Kier alpha value is -3.06. The largest absolute Gasteiger partial charge is 0.339 e. The molecule has 9 nitrogen and oxygen atoms in total. The van der Waals surface area contributed by atoms with E-state index in [1.54, 1.807) is 9.80 Å². The van der Waals surface area contributed by atoms with Crippen molar-refractivity contribution in [3.63, 3.8) is 0 Å². The van der Waals surface area contributed by atoms with Crippen LogP contribution in [0, 0.1) is 11.2 Å². The van der Waals surface area contributed by atoms with Gasteiger partial charge in [0.15, 0.2) is 0 Å². The van der Waals surface area contributed by atoms with Crippen LogP contribution < -0.4 is 10.0 Å². The number of fused-ring (bicyclic) bond motifs is 3. The lowest BCUT2D eigenvalue weighted by molar-refractivity contribution is -0.142. The lowest BCUT2D eigenvalue weighted by Crippen LogP contribution is -2.59. The average molecular weight is 621 g/mol. The number of halogens is 2. The topological polar surface area (TPSA) is 116 Å². The van der Waals surface area contributed by atoms with Gasteiger partial charge in [-0.05, 0) is 47.6 Å². The molecule has 5 rings (SSSR count). The minimum Gasteiger partial charge on any atom is -0.339 e. The normalized spacial score (nSPS) is 19.5. The number of amides is 3. The van der Waals surface area contributed by atoms with Crippen LogP contribution in [0.4, 0.5) is 4.39 Å². The van der Waals surface area contributed by atoms with Crippen molar-refractivity contribution in [2.24, 2.45) is 5.41 Å². The van der Waals surface area contributed by atoms with Gasteiger partial charge in [-0.1, -0.05) is 50.6 Å². The fraction of sp³-hybridized carbons (Fsp3) is 0.393. The smallest absolute Gasteiger partial charge is 0.262 e. The van der Waals surface area contributed by atoms with E-state index in [1.807, 2.05) is 51.1 Å². The van der Waals surface area contributed by atoms with Crippen molar-refractivity contribution in [3.8, 4) is 0 Å². The number of piperazine rings is 1. The maximum Gasteiger partial charge on any atom is 0.262 e. The van der Waals surface area contributed by atoms with Gasteiger partial charge >= 0.3 is 0 Å². The number of hydrogen-bond donors (Lipinski definition) is 2. The SMILES string of the molecule is CC(C)(C)C(NC(=O)c1cc2ccccc2s1)C(=O)N1C[C@@H]2C[C@H]1CN2C(=O)CNS(=O)(=O)c1ccc(F)cc1Cl. The van der Waals surface area contributed by atoms with Gasteiger partial charge in [0.2, 0.25) is 21.8 Å². The monoisotopic (exact) mass is 620 g/mol. The summed E-state index contributed by atoms with van der Waals surface area (Å²) in [5.74, 6) is -1.63. The lowest BCUT2D eigenvalue weighted by atomic mass is 9.85. The molecule has 0 aliphatic carbocycles. The second kappa shape index (κ2) is 11.0. The fourth-order valence-corrected chi connectivity index (χ4v) is 7.85. The summed E-state index contributed by atoms with van der Waals surface area (Å²) < 4.78 is 41.8. The molecule has 2 bridgehead atoms. The van der Waals surface area contributed by atoms with Crippen LogP contribution in [0.1, 0.15) is 36.9 Å². The summed E-state index contributed by atoms with van der Waals surface area (Å²) >= 11 is 7.25. The number of carbonyl (C=O) groups is 3. The van der Waals surface area contributed by atoms with E-state index in [9.17, 15) is 27.2 Å². The summed E-state index contributed by atoms with van der Waals surface area (Å²) in [4.78, 5) is 43.4. The molecule has 2 aliphatic heterocycles. The molecular weight excluding hydrogens is 591 g/mol. The predicted molar refractivity (Wildman–Crippen MR) is 155 cm³/mol. The zero-order valence-electron chi connectivity index (χ0n) is 22.7. The van der Waals surface area contributed by atoms with Crippen LogP contribution in [0.15, 0.2) is 53.4 Å². The molecule has 3 heterocycles. The van der Waals surface area contributed by atoms with E-state index in [0.29, 0.717) is 11.3 Å². The Morgan fingerprint density at radius 1 is 1.07 bits per heavy atom. The van der Waals surface area contributed by atoms with Crippen LogP contribution in [0.2, 0.25) is 5.02 Å². The average Bonchev–Trinajstić information content (AvgIpc) is 3.63. The standard InChI is InChI=1S/C28H30ClFN4O5S2/c1-28(2,3)25(32-26(36)22-10-16-6-4-5-7-21(16)40-22)27(37)34-15-18-12-19(34)14-33(18)24(35)13-31-41(38,39)23-9-8-17(30)11-20(23)29/h4-11,18-19,25,31H,12-15H2,1-3H3,(H,32,36)/t18-,19-,25?/m0/s1. The summed E-state index contributed by atoms with van der Waals surface area (Å²) in [5.41, 5.74) is -0.569. The number of benzene rings is 2. The molecule has 2 aliphatic rings. The van der Waals surface area contributed by atoms with E-state index in [1.165, 1.54) is 11.3 Å². The lowest BCUT2D eigenvalue weighted by Gasteiger charge is -2.39. The second-order valence-corrected chi connectivity index (χ2v) is 14.6. The fourth-order valence-electron chi connectivity index (χ4n) is 5.38. The van der Waals surface area contributed by atoms with Crippen molar-refractivity contribution >= 4 is 60.8 Å². The molecule has 13 heteroatoms. The molecule has 2 aromatic carbocycles. The number of nitrogens with zero attached hydrogens (tertiary/aromatic N) is 2. The van der Waals surface area contributed by atoms with Gasteiger partial charge < -0.3 is 15.1 Å². The van der Waals surface area contributed by atoms with E-state index < -0.39 is 39.7 Å². The summed E-state index contributed by atoms with van der Waals surface area (Å²) in [6, 6.07) is 11.1. The van der Waals surface area contributed by atoms with E-state index in [0.717, 1.165) is 28.3 Å². The molecule has 1 aromatic heterocycles. The van der Waals surface area contributed by atoms with Crippen molar-refractivity contribution in [1.29, 1.82) is 0 Å². The van der Waals surface area contributed by atoms with Gasteiger partial charge in [0, 0.05) is 17.8 Å². The van der Waals surface area contributed by atoms with Crippen LogP contribution in [-0.4, -0.2) is 73.7 Å². The Kier molecular flexibility index (Phi) is 7.88. The van der Waals surface area contributed by atoms with E-state index >= 15 is 0 Å². The van der Waals surface area contributed by atoms with E-state index in [2.05, 4.69) is 10.0 Å². The van der Waals surface area contributed by atoms with E-state index in [-0.39, 0.29) is 46.9 Å². The Morgan fingerprint density at radius 2 is 1.76 bits per heavy atom. The van der Waals surface area contributed by atoms with Crippen LogP contribution in [0.5, 0.6) is 0 Å². The summed E-state index contributed by atoms with van der Waals surface area (Å²) in [6.07, 6.45) is 0.565. The summed E-state index contributed by atoms with van der Waals surface area (Å²) in [7, 11) is -4.14. The molecule has 2 fully saturated rings. The molecule has 3 atom stereocenters. The van der Waals surface area contributed by atoms with E-state index in [4.69, 9.17) is 11.6 Å². The molecule has 3 aromatic rings. The molecule has 0 saturated carbocycles. The van der Waals surface area contributed by atoms with Gasteiger partial charge in [0.1, 0.15) is 16.8 Å². The first kappa shape index (κ1) is 29.4. The highest BCUT2D eigenvalue weighted by Crippen LogP contribution is 2.34. The first-order valence-corrected chi connectivity index (χ1v) is 15.8. The van der Waals surface area contributed by atoms with Crippen LogP contribution >= 0.6 is 22.9 Å². The summed E-state index contributed by atoms with van der Waals surface area (Å²) in [5, 5.41) is 3.63. The molecule has 1 unspecified atom stereocenters.